The Hall–Kier alpha value is -0.130. The van der Waals surface area contributed by atoms with Gasteiger partial charge in [0.25, 0.3) is 10.2 Å². The summed E-state index contributed by atoms with van der Waals surface area (Å²) in [6.07, 6.45) is 4.51. The van der Waals surface area contributed by atoms with Crippen LogP contribution in [-0.4, -0.2) is 32.4 Å². The van der Waals surface area contributed by atoms with Crippen molar-refractivity contribution < 1.29 is 8.42 Å². The maximum Gasteiger partial charge on any atom is 0.279 e. The normalized spacial score (nSPS) is 35.2. The molecule has 0 atom stereocenters. The van der Waals surface area contributed by atoms with Gasteiger partial charge in [-0.2, -0.15) is 12.7 Å². The summed E-state index contributed by atoms with van der Waals surface area (Å²) in [7, 11) is -1.69. The summed E-state index contributed by atoms with van der Waals surface area (Å²) >= 11 is 0. The van der Waals surface area contributed by atoms with E-state index in [4.69, 9.17) is 0 Å². The number of hydrogen-bond acceptors (Lipinski definition) is 2. The second-order valence-electron chi connectivity index (χ2n) is 3.95. The maximum absolute atomic E-state index is 11.6. The predicted molar refractivity (Wildman–Crippen MR) is 50.4 cm³/mol. The first-order chi connectivity index (χ1) is 6.13. The highest BCUT2D eigenvalue weighted by molar-refractivity contribution is 7.87. The Labute approximate surface area is 79.5 Å². The zero-order chi connectivity index (χ0) is 9.47. The Kier molecular flexibility index (Phi) is 2.33. The molecule has 2 heterocycles. The van der Waals surface area contributed by atoms with Crippen LogP contribution in [0.4, 0.5) is 0 Å². The Bertz CT molecular complexity index is 281. The van der Waals surface area contributed by atoms with Gasteiger partial charge in [-0.15, -0.1) is 0 Å². The molecule has 2 aliphatic heterocycles. The molecule has 0 radical (unpaired) electrons. The quantitative estimate of drug-likeness (QED) is 0.704. The van der Waals surface area contributed by atoms with Crippen molar-refractivity contribution in [2.75, 3.05) is 13.6 Å². The first-order valence-corrected chi connectivity index (χ1v) is 6.28. The van der Waals surface area contributed by atoms with Crippen LogP contribution in [0.1, 0.15) is 25.7 Å². The van der Waals surface area contributed by atoms with Gasteiger partial charge in [-0.25, -0.2) is 4.72 Å². The highest BCUT2D eigenvalue weighted by Crippen LogP contribution is 2.35. The van der Waals surface area contributed by atoms with Gasteiger partial charge in [-0.05, 0) is 31.6 Å². The van der Waals surface area contributed by atoms with Crippen LogP contribution < -0.4 is 4.72 Å². The lowest BCUT2D eigenvalue weighted by molar-refractivity contribution is 0.119. The molecule has 0 aromatic heterocycles. The third-order valence-corrected chi connectivity index (χ3v) is 4.81. The molecule has 0 amide bonds. The van der Waals surface area contributed by atoms with Crippen molar-refractivity contribution in [3.8, 4) is 0 Å². The van der Waals surface area contributed by atoms with E-state index in [9.17, 15) is 8.42 Å². The summed E-state index contributed by atoms with van der Waals surface area (Å²) < 4.78 is 27.2. The van der Waals surface area contributed by atoms with Crippen molar-refractivity contribution in [2.24, 2.45) is 5.92 Å². The molecule has 3 aliphatic rings. The second kappa shape index (κ2) is 3.22. The molecular formula is C8H16N2O2S. The van der Waals surface area contributed by atoms with E-state index in [0.717, 1.165) is 19.4 Å². The van der Waals surface area contributed by atoms with Crippen LogP contribution in [0.15, 0.2) is 0 Å². The topological polar surface area (TPSA) is 49.4 Å². The van der Waals surface area contributed by atoms with Gasteiger partial charge in [-0.3, -0.25) is 0 Å². The van der Waals surface area contributed by atoms with E-state index in [2.05, 4.69) is 4.72 Å². The summed E-state index contributed by atoms with van der Waals surface area (Å²) in [6.45, 7) is 0.730. The van der Waals surface area contributed by atoms with Gasteiger partial charge in [-0.1, -0.05) is 0 Å². The zero-order valence-electron chi connectivity index (χ0n) is 7.86. The minimum absolute atomic E-state index is 0.266. The standard InChI is InChI=1S/C8H16N2O2S/c1-9-13(11,12)10-6-7-2-4-8(10)5-3-7/h7-9H,2-6H2,1H3. The Balaban J connectivity index is 2.18. The fourth-order valence-corrected chi connectivity index (χ4v) is 3.68. The van der Waals surface area contributed by atoms with E-state index in [1.54, 1.807) is 4.31 Å². The zero-order valence-corrected chi connectivity index (χ0v) is 8.68. The van der Waals surface area contributed by atoms with Gasteiger partial charge in [0.15, 0.2) is 0 Å². The number of nitrogens with zero attached hydrogens (tertiary/aromatic N) is 1. The number of piperidine rings is 2. The smallest absolute Gasteiger partial charge is 0.205 e. The van der Waals surface area contributed by atoms with E-state index < -0.39 is 10.2 Å². The third-order valence-electron chi connectivity index (χ3n) is 3.23. The van der Waals surface area contributed by atoms with Crippen molar-refractivity contribution in [3.05, 3.63) is 0 Å². The highest BCUT2D eigenvalue weighted by atomic mass is 32.2. The van der Waals surface area contributed by atoms with Crippen molar-refractivity contribution >= 4 is 10.2 Å². The Morgan fingerprint density at radius 3 is 2.23 bits per heavy atom. The molecule has 3 fully saturated rings. The SMILES string of the molecule is CNS(=O)(=O)N1CC2CCC1CC2. The van der Waals surface area contributed by atoms with E-state index >= 15 is 0 Å². The van der Waals surface area contributed by atoms with E-state index in [-0.39, 0.29) is 6.04 Å². The monoisotopic (exact) mass is 204 g/mol. The van der Waals surface area contributed by atoms with Gasteiger partial charge in [0.1, 0.15) is 0 Å². The molecule has 1 aliphatic carbocycles. The molecule has 0 aromatic carbocycles. The van der Waals surface area contributed by atoms with Crippen LogP contribution in [0.3, 0.4) is 0 Å². The fraction of sp³-hybridized carbons (Fsp3) is 1.00. The molecule has 0 aromatic rings. The lowest BCUT2D eigenvalue weighted by Crippen LogP contribution is -2.53. The number of rotatable bonds is 2. The van der Waals surface area contributed by atoms with Crippen molar-refractivity contribution in [1.29, 1.82) is 0 Å². The van der Waals surface area contributed by atoms with Crippen LogP contribution in [0.2, 0.25) is 0 Å². The lowest BCUT2D eigenvalue weighted by Gasteiger charge is -2.43. The molecule has 0 unspecified atom stereocenters. The fourth-order valence-electron chi connectivity index (χ4n) is 2.43. The summed E-state index contributed by atoms with van der Waals surface area (Å²) in [5.41, 5.74) is 0. The van der Waals surface area contributed by atoms with Gasteiger partial charge >= 0.3 is 0 Å². The van der Waals surface area contributed by atoms with Gasteiger partial charge in [0.05, 0.1) is 0 Å². The van der Waals surface area contributed by atoms with Gasteiger partial charge in [0.2, 0.25) is 0 Å². The molecule has 1 N–H and O–H groups in total. The lowest BCUT2D eigenvalue weighted by atomic mass is 9.82. The molecule has 3 rings (SSSR count). The average Bonchev–Trinajstić information content (AvgIpc) is 2.19. The Morgan fingerprint density at radius 1 is 1.23 bits per heavy atom. The average molecular weight is 204 g/mol. The minimum Gasteiger partial charge on any atom is -0.205 e. The van der Waals surface area contributed by atoms with Crippen LogP contribution in [-0.2, 0) is 10.2 Å². The molecule has 5 heteroatoms. The maximum atomic E-state index is 11.6. The van der Waals surface area contributed by atoms with Crippen LogP contribution >= 0.6 is 0 Å². The van der Waals surface area contributed by atoms with Crippen molar-refractivity contribution in [3.63, 3.8) is 0 Å². The van der Waals surface area contributed by atoms with E-state index in [0.29, 0.717) is 5.92 Å². The molecule has 13 heavy (non-hydrogen) atoms. The largest absolute Gasteiger partial charge is 0.279 e. The molecule has 1 saturated carbocycles. The van der Waals surface area contributed by atoms with Gasteiger partial charge < -0.3 is 0 Å². The first kappa shape index (κ1) is 9.43. The molecular weight excluding hydrogens is 188 g/mol. The van der Waals surface area contributed by atoms with Gasteiger partial charge in [0, 0.05) is 19.6 Å². The minimum atomic E-state index is -3.17. The van der Waals surface area contributed by atoms with Crippen molar-refractivity contribution in [2.45, 2.75) is 31.7 Å². The number of hydrogen-bond donors (Lipinski definition) is 1. The predicted octanol–water partition coefficient (Wildman–Crippen LogP) is 0.325. The van der Waals surface area contributed by atoms with Crippen LogP contribution in [0.25, 0.3) is 0 Å². The molecule has 2 bridgehead atoms. The van der Waals surface area contributed by atoms with Crippen LogP contribution in [0, 0.1) is 5.92 Å². The summed E-state index contributed by atoms with van der Waals surface area (Å²) in [5.74, 6) is 0.605. The van der Waals surface area contributed by atoms with Crippen LogP contribution in [0.5, 0.6) is 0 Å². The first-order valence-electron chi connectivity index (χ1n) is 4.84. The van der Waals surface area contributed by atoms with E-state index in [1.165, 1.54) is 19.9 Å². The van der Waals surface area contributed by atoms with E-state index in [1.807, 2.05) is 0 Å². The molecule has 76 valence electrons. The molecule has 4 nitrogen and oxygen atoms in total. The van der Waals surface area contributed by atoms with Crippen molar-refractivity contribution in [1.82, 2.24) is 9.03 Å². The number of fused-ring (bicyclic) bond motifs is 3. The Morgan fingerprint density at radius 2 is 1.85 bits per heavy atom. The second-order valence-corrected chi connectivity index (χ2v) is 5.78. The highest BCUT2D eigenvalue weighted by Gasteiger charge is 2.39. The summed E-state index contributed by atoms with van der Waals surface area (Å²) in [4.78, 5) is 0. The summed E-state index contributed by atoms with van der Waals surface area (Å²) in [5, 5.41) is 0. The molecule has 0 spiro atoms. The summed E-state index contributed by atoms with van der Waals surface area (Å²) in [6, 6.07) is 0.266. The molecule has 2 saturated heterocycles. The number of nitrogens with one attached hydrogen (secondary N) is 1. The third kappa shape index (κ3) is 1.60.